The van der Waals surface area contributed by atoms with Crippen molar-refractivity contribution in [2.24, 2.45) is 0 Å². The summed E-state index contributed by atoms with van der Waals surface area (Å²) in [6.45, 7) is 0. The van der Waals surface area contributed by atoms with E-state index < -0.39 is 0 Å². The minimum Gasteiger partial charge on any atom is -0.355 e. The molecule has 0 spiro atoms. The third kappa shape index (κ3) is 4.62. The average Bonchev–Trinajstić information content (AvgIpc) is 2.74. The van der Waals surface area contributed by atoms with E-state index in [2.05, 4.69) is 16.0 Å². The van der Waals surface area contributed by atoms with Gasteiger partial charge in [-0.2, -0.15) is 0 Å². The highest BCUT2D eigenvalue weighted by Crippen LogP contribution is 2.14. The van der Waals surface area contributed by atoms with Crippen LogP contribution in [0.2, 0.25) is 0 Å². The quantitative estimate of drug-likeness (QED) is 0.639. The molecule has 0 heterocycles. The first kappa shape index (κ1) is 18.8. The van der Waals surface area contributed by atoms with Crippen LogP contribution in [0.4, 0.5) is 11.4 Å². The van der Waals surface area contributed by atoms with Gasteiger partial charge < -0.3 is 16.0 Å². The number of hydrogen-bond acceptors (Lipinski definition) is 3. The van der Waals surface area contributed by atoms with Crippen molar-refractivity contribution in [1.29, 1.82) is 0 Å². The Labute approximate surface area is 162 Å². The molecule has 0 fully saturated rings. The van der Waals surface area contributed by atoms with Gasteiger partial charge in [0.25, 0.3) is 17.7 Å². The maximum atomic E-state index is 12.4. The lowest BCUT2D eigenvalue weighted by molar-refractivity contribution is 0.0961. The second kappa shape index (κ2) is 8.64. The molecule has 0 aliphatic rings. The Kier molecular flexibility index (Phi) is 5.81. The van der Waals surface area contributed by atoms with Gasteiger partial charge in [-0.05, 0) is 60.7 Å². The molecule has 0 aliphatic carbocycles. The minimum atomic E-state index is -0.284. The van der Waals surface area contributed by atoms with E-state index in [0.29, 0.717) is 28.1 Å². The molecule has 0 aromatic heterocycles. The summed E-state index contributed by atoms with van der Waals surface area (Å²) in [7, 11) is 1.56. The van der Waals surface area contributed by atoms with Crippen molar-refractivity contribution < 1.29 is 14.4 Å². The Balaban J connectivity index is 1.62. The summed E-state index contributed by atoms with van der Waals surface area (Å²) < 4.78 is 0. The summed E-state index contributed by atoms with van der Waals surface area (Å²) in [6, 6.07) is 22.1. The summed E-state index contributed by atoms with van der Waals surface area (Å²) in [4.78, 5) is 36.1. The lowest BCUT2D eigenvalue weighted by Gasteiger charge is -2.08. The molecule has 6 nitrogen and oxygen atoms in total. The molecule has 0 saturated carbocycles. The van der Waals surface area contributed by atoms with Gasteiger partial charge in [0.1, 0.15) is 0 Å². The molecular weight excluding hydrogens is 354 g/mol. The molecule has 0 unspecified atom stereocenters. The molecule has 3 aromatic rings. The Morgan fingerprint density at radius 3 is 1.36 bits per heavy atom. The molecule has 6 heteroatoms. The molecule has 3 amide bonds. The van der Waals surface area contributed by atoms with Crippen LogP contribution in [0.15, 0.2) is 78.9 Å². The van der Waals surface area contributed by atoms with E-state index in [1.54, 1.807) is 79.8 Å². The number of hydrogen-bond donors (Lipinski definition) is 3. The number of carbonyl (C=O) groups is 3. The van der Waals surface area contributed by atoms with Gasteiger partial charge in [-0.25, -0.2) is 0 Å². The molecule has 0 radical (unpaired) electrons. The summed E-state index contributed by atoms with van der Waals surface area (Å²) in [5.41, 5.74) is 2.70. The summed E-state index contributed by atoms with van der Waals surface area (Å²) in [5, 5.41) is 8.10. The molecule has 0 bridgehead atoms. The minimum absolute atomic E-state index is 0.189. The lowest BCUT2D eigenvalue weighted by atomic mass is 10.1. The molecule has 0 atom stereocenters. The number of amides is 3. The van der Waals surface area contributed by atoms with Crippen LogP contribution < -0.4 is 16.0 Å². The van der Waals surface area contributed by atoms with Gasteiger partial charge in [0.05, 0.1) is 0 Å². The smallest absolute Gasteiger partial charge is 0.255 e. The highest BCUT2D eigenvalue weighted by Gasteiger charge is 2.09. The molecule has 140 valence electrons. The largest absolute Gasteiger partial charge is 0.355 e. The van der Waals surface area contributed by atoms with E-state index >= 15 is 0 Å². The van der Waals surface area contributed by atoms with Gasteiger partial charge in [-0.3, -0.25) is 14.4 Å². The number of nitrogens with one attached hydrogen (secondary N) is 3. The Bertz CT molecular complexity index is 982. The van der Waals surface area contributed by atoms with Gasteiger partial charge in [0.2, 0.25) is 0 Å². The van der Waals surface area contributed by atoms with Crippen LogP contribution >= 0.6 is 0 Å². The fourth-order valence-corrected chi connectivity index (χ4v) is 2.55. The van der Waals surface area contributed by atoms with Crippen molar-refractivity contribution in [2.45, 2.75) is 0 Å². The fourth-order valence-electron chi connectivity index (χ4n) is 2.55. The molecule has 28 heavy (non-hydrogen) atoms. The molecule has 3 aromatic carbocycles. The van der Waals surface area contributed by atoms with Gasteiger partial charge >= 0.3 is 0 Å². The first-order chi connectivity index (χ1) is 13.6. The van der Waals surface area contributed by atoms with Crippen molar-refractivity contribution in [2.75, 3.05) is 17.7 Å². The number of anilines is 2. The second-order valence-corrected chi connectivity index (χ2v) is 6.01. The van der Waals surface area contributed by atoms with Crippen LogP contribution in [0.3, 0.4) is 0 Å². The maximum Gasteiger partial charge on any atom is 0.255 e. The van der Waals surface area contributed by atoms with E-state index in [9.17, 15) is 14.4 Å². The van der Waals surface area contributed by atoms with E-state index in [-0.39, 0.29) is 17.7 Å². The summed E-state index contributed by atoms with van der Waals surface area (Å²) in [6.07, 6.45) is 0. The van der Waals surface area contributed by atoms with Crippen molar-refractivity contribution in [1.82, 2.24) is 5.32 Å². The molecule has 3 N–H and O–H groups in total. The highest BCUT2D eigenvalue weighted by molar-refractivity contribution is 6.06. The monoisotopic (exact) mass is 373 g/mol. The lowest BCUT2D eigenvalue weighted by Crippen LogP contribution is -2.18. The predicted octanol–water partition coefficient (Wildman–Crippen LogP) is 3.55. The first-order valence-corrected chi connectivity index (χ1v) is 8.67. The molecule has 0 saturated heterocycles. The van der Waals surface area contributed by atoms with E-state index in [1.807, 2.05) is 6.07 Å². The molecule has 0 aliphatic heterocycles. The first-order valence-electron chi connectivity index (χ1n) is 8.67. The zero-order valence-electron chi connectivity index (χ0n) is 15.2. The number of benzene rings is 3. The van der Waals surface area contributed by atoms with Crippen molar-refractivity contribution in [3.8, 4) is 0 Å². The van der Waals surface area contributed by atoms with Gasteiger partial charge in [-0.1, -0.05) is 18.2 Å². The third-order valence-electron chi connectivity index (χ3n) is 4.07. The van der Waals surface area contributed by atoms with Crippen LogP contribution in [0, 0.1) is 0 Å². The SMILES string of the molecule is CNC(=O)c1ccc(NC(=O)c2ccc(NC(=O)c3ccccc3)cc2)cc1. The zero-order valence-corrected chi connectivity index (χ0v) is 15.2. The van der Waals surface area contributed by atoms with E-state index in [1.165, 1.54) is 0 Å². The third-order valence-corrected chi connectivity index (χ3v) is 4.07. The molecule has 3 rings (SSSR count). The normalized spacial score (nSPS) is 10.0. The summed E-state index contributed by atoms with van der Waals surface area (Å²) >= 11 is 0. The van der Waals surface area contributed by atoms with Crippen molar-refractivity contribution in [3.05, 3.63) is 95.6 Å². The van der Waals surface area contributed by atoms with Crippen LogP contribution in [0.1, 0.15) is 31.1 Å². The topological polar surface area (TPSA) is 87.3 Å². The van der Waals surface area contributed by atoms with E-state index in [4.69, 9.17) is 0 Å². The maximum absolute atomic E-state index is 12.4. The zero-order chi connectivity index (χ0) is 19.9. The van der Waals surface area contributed by atoms with Crippen LogP contribution in [0.25, 0.3) is 0 Å². The molecular formula is C22H19N3O3. The fraction of sp³-hybridized carbons (Fsp3) is 0.0455. The van der Waals surface area contributed by atoms with Gasteiger partial charge in [-0.15, -0.1) is 0 Å². The van der Waals surface area contributed by atoms with Crippen molar-refractivity contribution >= 4 is 29.1 Å². The van der Waals surface area contributed by atoms with Crippen LogP contribution in [-0.2, 0) is 0 Å². The van der Waals surface area contributed by atoms with Gasteiger partial charge in [0.15, 0.2) is 0 Å². The summed E-state index contributed by atoms with van der Waals surface area (Å²) in [5.74, 6) is -0.686. The van der Waals surface area contributed by atoms with Gasteiger partial charge in [0, 0.05) is 35.1 Å². The number of rotatable bonds is 5. The second-order valence-electron chi connectivity index (χ2n) is 6.01. The predicted molar refractivity (Wildman–Crippen MR) is 109 cm³/mol. The highest BCUT2D eigenvalue weighted by atomic mass is 16.2. The van der Waals surface area contributed by atoms with Crippen molar-refractivity contribution in [3.63, 3.8) is 0 Å². The average molecular weight is 373 g/mol. The van der Waals surface area contributed by atoms with Crippen LogP contribution in [0.5, 0.6) is 0 Å². The standard InChI is InChI=1S/C22H19N3O3/c1-23-20(26)16-7-11-18(12-8-16)25-22(28)17-9-13-19(14-10-17)24-21(27)15-5-3-2-4-6-15/h2-14H,1H3,(H,23,26)(H,24,27)(H,25,28). The van der Waals surface area contributed by atoms with Crippen LogP contribution in [-0.4, -0.2) is 24.8 Å². The van der Waals surface area contributed by atoms with E-state index in [0.717, 1.165) is 0 Å². The Morgan fingerprint density at radius 2 is 0.929 bits per heavy atom. The Morgan fingerprint density at radius 1 is 0.536 bits per heavy atom. The number of carbonyl (C=O) groups excluding carboxylic acids is 3. The Hall–Kier alpha value is -3.93.